The molecular formula is C21H32O2. The third-order valence-corrected chi connectivity index (χ3v) is 8.35. The van der Waals surface area contributed by atoms with Crippen LogP contribution in [-0.4, -0.2) is 17.5 Å². The van der Waals surface area contributed by atoms with Crippen LogP contribution in [0.2, 0.25) is 0 Å². The van der Waals surface area contributed by atoms with Gasteiger partial charge in [-0.15, -0.1) is 0 Å². The van der Waals surface area contributed by atoms with Crippen molar-refractivity contribution in [2.24, 2.45) is 40.9 Å². The van der Waals surface area contributed by atoms with Crippen molar-refractivity contribution >= 4 is 5.78 Å². The zero-order chi connectivity index (χ0) is 16.2. The van der Waals surface area contributed by atoms with E-state index in [2.05, 4.69) is 13.8 Å². The van der Waals surface area contributed by atoms with Gasteiger partial charge in [-0.25, -0.2) is 0 Å². The summed E-state index contributed by atoms with van der Waals surface area (Å²) in [5, 5.41) is 9.60. The summed E-state index contributed by atoms with van der Waals surface area (Å²) >= 11 is 0. The Morgan fingerprint density at radius 3 is 2.70 bits per heavy atom. The predicted octanol–water partition coefficient (Wildman–Crippen LogP) is 4.37. The topological polar surface area (TPSA) is 37.3 Å². The van der Waals surface area contributed by atoms with Crippen molar-refractivity contribution in [1.29, 1.82) is 0 Å². The van der Waals surface area contributed by atoms with Gasteiger partial charge in [0.2, 0.25) is 0 Å². The maximum atomic E-state index is 11.9. The lowest BCUT2D eigenvalue weighted by molar-refractivity contribution is -0.117. The zero-order valence-corrected chi connectivity index (χ0v) is 14.8. The lowest BCUT2D eigenvalue weighted by Gasteiger charge is -2.55. The molecule has 0 heterocycles. The standard InChI is InChI=1S/C21H32O2/c1-13(12-22)16-5-6-18-17(16)7-8-20-19(18)4-3-14-11-15(23)9-10-21(14,20)2/h11,13,16-20,22H,3-10,12H2,1-2H3/t13-,16-,17?,18-,19+,20+,21+/m1/s1. The Balaban J connectivity index is 1.59. The summed E-state index contributed by atoms with van der Waals surface area (Å²) < 4.78 is 0. The van der Waals surface area contributed by atoms with E-state index in [0.29, 0.717) is 23.7 Å². The van der Waals surface area contributed by atoms with Gasteiger partial charge in [0.05, 0.1) is 0 Å². The van der Waals surface area contributed by atoms with Crippen LogP contribution in [0.5, 0.6) is 0 Å². The molecule has 1 unspecified atom stereocenters. The minimum Gasteiger partial charge on any atom is -0.396 e. The van der Waals surface area contributed by atoms with Crippen LogP contribution in [0, 0.1) is 40.9 Å². The second-order valence-electron chi connectivity index (χ2n) is 9.17. The van der Waals surface area contributed by atoms with Crippen molar-refractivity contribution in [2.45, 2.75) is 65.2 Å². The Hall–Kier alpha value is -0.630. The fourth-order valence-electron chi connectivity index (χ4n) is 7.10. The lowest BCUT2D eigenvalue weighted by atomic mass is 9.49. The Morgan fingerprint density at radius 2 is 1.91 bits per heavy atom. The summed E-state index contributed by atoms with van der Waals surface area (Å²) in [6.45, 7) is 5.06. The van der Waals surface area contributed by atoms with Crippen LogP contribution in [0.3, 0.4) is 0 Å². The van der Waals surface area contributed by atoms with E-state index < -0.39 is 0 Å². The number of fused-ring (bicyclic) bond motifs is 5. The quantitative estimate of drug-likeness (QED) is 0.821. The Kier molecular flexibility index (Phi) is 3.95. The maximum Gasteiger partial charge on any atom is 0.155 e. The first-order valence-electron chi connectivity index (χ1n) is 9.89. The lowest BCUT2D eigenvalue weighted by Crippen LogP contribution is -2.47. The summed E-state index contributed by atoms with van der Waals surface area (Å²) in [5.41, 5.74) is 1.79. The monoisotopic (exact) mass is 316 g/mol. The van der Waals surface area contributed by atoms with Gasteiger partial charge < -0.3 is 5.11 Å². The van der Waals surface area contributed by atoms with Crippen molar-refractivity contribution in [3.8, 4) is 0 Å². The number of aliphatic hydroxyl groups excluding tert-OH is 1. The smallest absolute Gasteiger partial charge is 0.155 e. The van der Waals surface area contributed by atoms with E-state index in [-0.39, 0.29) is 0 Å². The molecular weight excluding hydrogens is 284 g/mol. The minimum absolute atomic E-state index is 0.308. The molecule has 7 atom stereocenters. The summed E-state index contributed by atoms with van der Waals surface area (Å²) in [7, 11) is 0. The minimum atomic E-state index is 0.308. The molecule has 2 nitrogen and oxygen atoms in total. The van der Waals surface area contributed by atoms with E-state index in [1.807, 2.05) is 6.08 Å². The van der Waals surface area contributed by atoms with Gasteiger partial charge in [0.15, 0.2) is 5.78 Å². The first-order valence-corrected chi connectivity index (χ1v) is 9.89. The second-order valence-corrected chi connectivity index (χ2v) is 9.17. The third-order valence-electron chi connectivity index (χ3n) is 8.35. The maximum absolute atomic E-state index is 11.9. The van der Waals surface area contributed by atoms with E-state index in [4.69, 9.17) is 0 Å². The van der Waals surface area contributed by atoms with Crippen LogP contribution in [0.25, 0.3) is 0 Å². The average molecular weight is 316 g/mol. The van der Waals surface area contributed by atoms with E-state index in [1.54, 1.807) is 0 Å². The van der Waals surface area contributed by atoms with Gasteiger partial charge in [0.1, 0.15) is 0 Å². The number of aliphatic hydroxyl groups is 1. The number of ketones is 1. The van der Waals surface area contributed by atoms with Crippen LogP contribution < -0.4 is 0 Å². The molecule has 0 aliphatic heterocycles. The molecule has 0 aromatic rings. The van der Waals surface area contributed by atoms with Gasteiger partial charge in [0, 0.05) is 13.0 Å². The van der Waals surface area contributed by atoms with Crippen molar-refractivity contribution in [3.05, 3.63) is 11.6 Å². The summed E-state index contributed by atoms with van der Waals surface area (Å²) in [6.07, 6.45) is 11.8. The van der Waals surface area contributed by atoms with Crippen LogP contribution in [0.15, 0.2) is 11.6 Å². The highest BCUT2D eigenvalue weighted by atomic mass is 16.3. The number of rotatable bonds is 2. The van der Waals surface area contributed by atoms with Gasteiger partial charge in [-0.05, 0) is 91.9 Å². The highest BCUT2D eigenvalue weighted by Crippen LogP contribution is 2.63. The summed E-state index contributed by atoms with van der Waals surface area (Å²) in [6, 6.07) is 0. The zero-order valence-electron chi connectivity index (χ0n) is 14.8. The first kappa shape index (κ1) is 15.9. The average Bonchev–Trinajstić information content (AvgIpc) is 2.99. The molecule has 0 saturated heterocycles. The van der Waals surface area contributed by atoms with Gasteiger partial charge in [-0.1, -0.05) is 19.4 Å². The molecule has 0 radical (unpaired) electrons. The predicted molar refractivity (Wildman–Crippen MR) is 91.8 cm³/mol. The van der Waals surface area contributed by atoms with Gasteiger partial charge >= 0.3 is 0 Å². The first-order chi connectivity index (χ1) is 11.0. The molecule has 128 valence electrons. The third kappa shape index (κ3) is 2.35. The normalized spacial score (nSPS) is 47.3. The molecule has 0 amide bonds. The van der Waals surface area contributed by atoms with Crippen LogP contribution in [0.1, 0.15) is 65.2 Å². The summed E-state index contributed by atoms with van der Waals surface area (Å²) in [5.74, 6) is 5.02. The number of hydrogen-bond donors (Lipinski definition) is 1. The van der Waals surface area contributed by atoms with Gasteiger partial charge in [-0.3, -0.25) is 4.79 Å². The Bertz CT molecular complexity index is 522. The van der Waals surface area contributed by atoms with E-state index >= 15 is 0 Å². The summed E-state index contributed by atoms with van der Waals surface area (Å²) in [4.78, 5) is 11.9. The fraction of sp³-hybridized carbons (Fsp3) is 0.857. The largest absolute Gasteiger partial charge is 0.396 e. The number of carbonyl (C=O) groups excluding carboxylic acids is 1. The molecule has 2 heteroatoms. The van der Waals surface area contributed by atoms with Gasteiger partial charge in [-0.2, -0.15) is 0 Å². The van der Waals surface area contributed by atoms with Crippen LogP contribution >= 0.6 is 0 Å². The van der Waals surface area contributed by atoms with E-state index in [1.165, 1.54) is 37.7 Å². The van der Waals surface area contributed by atoms with Crippen molar-refractivity contribution in [3.63, 3.8) is 0 Å². The van der Waals surface area contributed by atoms with E-state index in [9.17, 15) is 9.90 Å². The molecule has 4 aliphatic carbocycles. The van der Waals surface area contributed by atoms with Crippen LogP contribution in [0.4, 0.5) is 0 Å². The van der Waals surface area contributed by atoms with E-state index in [0.717, 1.165) is 48.9 Å². The molecule has 23 heavy (non-hydrogen) atoms. The molecule has 3 fully saturated rings. The second kappa shape index (κ2) is 5.72. The number of carbonyl (C=O) groups is 1. The molecule has 3 saturated carbocycles. The number of hydrogen-bond acceptors (Lipinski definition) is 2. The molecule has 4 aliphatic rings. The molecule has 0 aromatic heterocycles. The number of allylic oxidation sites excluding steroid dienone is 1. The van der Waals surface area contributed by atoms with Gasteiger partial charge in [0.25, 0.3) is 0 Å². The van der Waals surface area contributed by atoms with Crippen molar-refractivity contribution in [1.82, 2.24) is 0 Å². The van der Waals surface area contributed by atoms with Crippen LogP contribution in [-0.2, 0) is 4.79 Å². The SMILES string of the molecule is C[C@H](CO)[C@H]1CC[C@@H]2C1CC[C@H]1[C@H]2CCC2=CC(=O)CC[C@@]21C. The Morgan fingerprint density at radius 1 is 1.13 bits per heavy atom. The highest BCUT2D eigenvalue weighted by molar-refractivity contribution is 5.91. The molecule has 0 bridgehead atoms. The Labute approximate surface area is 140 Å². The highest BCUT2D eigenvalue weighted by Gasteiger charge is 2.54. The van der Waals surface area contributed by atoms with Crippen molar-refractivity contribution < 1.29 is 9.90 Å². The molecule has 0 spiro atoms. The molecule has 0 aromatic carbocycles. The fourth-order valence-corrected chi connectivity index (χ4v) is 7.10. The molecule has 4 rings (SSSR count). The van der Waals surface area contributed by atoms with Crippen molar-refractivity contribution in [2.75, 3.05) is 6.61 Å². The molecule has 1 N–H and O–H groups in total.